The number of carboxylic acid groups (broad SMARTS) is 1. The van der Waals surface area contributed by atoms with E-state index < -0.39 is 17.4 Å². The minimum absolute atomic E-state index is 0.136. The molecular weight excluding hydrogens is 258 g/mol. The first-order valence-corrected chi connectivity index (χ1v) is 6.86. The molecular formula is C14H21N3O3. The van der Waals surface area contributed by atoms with E-state index in [-0.39, 0.29) is 11.1 Å². The lowest BCUT2D eigenvalue weighted by Crippen LogP contribution is -2.52. The molecule has 2 rings (SSSR count). The molecule has 6 nitrogen and oxygen atoms in total. The van der Waals surface area contributed by atoms with Crippen molar-refractivity contribution in [1.29, 1.82) is 0 Å². The molecule has 1 aliphatic carbocycles. The van der Waals surface area contributed by atoms with Crippen LogP contribution in [0.1, 0.15) is 62.6 Å². The number of hydrogen-bond donors (Lipinski definition) is 3. The van der Waals surface area contributed by atoms with Crippen LogP contribution in [0.2, 0.25) is 0 Å². The number of carbonyl (C=O) groups is 2. The number of hydrogen-bond acceptors (Lipinski definition) is 3. The summed E-state index contributed by atoms with van der Waals surface area (Å²) in [5.74, 6) is -1.39. The van der Waals surface area contributed by atoms with E-state index in [2.05, 4.69) is 15.5 Å². The summed E-state index contributed by atoms with van der Waals surface area (Å²) >= 11 is 0. The Morgan fingerprint density at radius 2 is 1.95 bits per heavy atom. The van der Waals surface area contributed by atoms with Crippen LogP contribution in [0.5, 0.6) is 0 Å². The van der Waals surface area contributed by atoms with E-state index in [4.69, 9.17) is 0 Å². The van der Waals surface area contributed by atoms with Gasteiger partial charge in [-0.25, -0.2) is 4.79 Å². The zero-order valence-corrected chi connectivity index (χ0v) is 12.1. The maximum atomic E-state index is 12.2. The van der Waals surface area contributed by atoms with Gasteiger partial charge in [0.25, 0.3) is 5.91 Å². The number of carbonyl (C=O) groups excluding carboxylic acids is 1. The van der Waals surface area contributed by atoms with E-state index in [0.717, 1.165) is 18.5 Å². The van der Waals surface area contributed by atoms with Crippen LogP contribution in [0.15, 0.2) is 6.07 Å². The monoisotopic (exact) mass is 279 g/mol. The molecule has 110 valence electrons. The minimum Gasteiger partial charge on any atom is -0.480 e. The third kappa shape index (κ3) is 2.69. The van der Waals surface area contributed by atoms with E-state index in [1.54, 1.807) is 6.07 Å². The summed E-state index contributed by atoms with van der Waals surface area (Å²) in [6.45, 7) is 6.04. The molecule has 1 saturated carbocycles. The molecule has 6 heteroatoms. The number of rotatable bonds is 3. The fourth-order valence-corrected chi connectivity index (χ4v) is 2.47. The van der Waals surface area contributed by atoms with E-state index in [1.807, 2.05) is 20.8 Å². The van der Waals surface area contributed by atoms with Gasteiger partial charge in [0.05, 0.1) is 0 Å². The summed E-state index contributed by atoms with van der Waals surface area (Å²) in [5, 5.41) is 18.8. The number of aromatic amines is 1. The van der Waals surface area contributed by atoms with Gasteiger partial charge in [0, 0.05) is 11.1 Å². The molecule has 1 amide bonds. The van der Waals surface area contributed by atoms with Crippen LogP contribution in [0, 0.1) is 0 Å². The molecule has 0 spiro atoms. The first kappa shape index (κ1) is 14.6. The SMILES string of the molecule is CC(C)(C)c1cc(C(=O)NC2(C(=O)O)CCCC2)n[nH]1. The predicted molar refractivity (Wildman–Crippen MR) is 73.6 cm³/mol. The van der Waals surface area contributed by atoms with Gasteiger partial charge in [-0.1, -0.05) is 33.6 Å². The van der Waals surface area contributed by atoms with Crippen molar-refractivity contribution in [3.05, 3.63) is 17.5 Å². The van der Waals surface area contributed by atoms with Crippen LogP contribution in [0.3, 0.4) is 0 Å². The summed E-state index contributed by atoms with van der Waals surface area (Å²) in [5.41, 5.74) is -0.178. The Hall–Kier alpha value is -1.85. The second-order valence-corrected chi connectivity index (χ2v) is 6.47. The number of aromatic nitrogens is 2. The number of nitrogens with zero attached hydrogens (tertiary/aromatic N) is 1. The normalized spacial score (nSPS) is 17.9. The molecule has 0 aromatic carbocycles. The quantitative estimate of drug-likeness (QED) is 0.786. The Kier molecular flexibility index (Phi) is 3.58. The molecule has 1 heterocycles. The van der Waals surface area contributed by atoms with Crippen LogP contribution in [-0.2, 0) is 10.2 Å². The van der Waals surface area contributed by atoms with Crippen molar-refractivity contribution >= 4 is 11.9 Å². The summed E-state index contributed by atoms with van der Waals surface area (Å²) < 4.78 is 0. The van der Waals surface area contributed by atoms with E-state index >= 15 is 0 Å². The van der Waals surface area contributed by atoms with E-state index in [9.17, 15) is 14.7 Å². The molecule has 0 saturated heterocycles. The van der Waals surface area contributed by atoms with Crippen LogP contribution in [0.4, 0.5) is 0 Å². The molecule has 1 aliphatic rings. The zero-order valence-electron chi connectivity index (χ0n) is 12.1. The average Bonchev–Trinajstić information content (AvgIpc) is 2.96. The van der Waals surface area contributed by atoms with Crippen LogP contribution < -0.4 is 5.32 Å². The maximum absolute atomic E-state index is 12.2. The van der Waals surface area contributed by atoms with Crippen molar-refractivity contribution in [2.75, 3.05) is 0 Å². The molecule has 20 heavy (non-hydrogen) atoms. The third-order valence-corrected chi connectivity index (χ3v) is 3.84. The van der Waals surface area contributed by atoms with Crippen molar-refractivity contribution in [3.8, 4) is 0 Å². The fourth-order valence-electron chi connectivity index (χ4n) is 2.47. The highest BCUT2D eigenvalue weighted by Crippen LogP contribution is 2.30. The molecule has 0 radical (unpaired) electrons. The van der Waals surface area contributed by atoms with Gasteiger partial charge >= 0.3 is 5.97 Å². The Bertz CT molecular complexity index is 522. The lowest BCUT2D eigenvalue weighted by molar-refractivity contribution is -0.144. The Balaban J connectivity index is 2.16. The van der Waals surface area contributed by atoms with Gasteiger partial charge in [0.15, 0.2) is 0 Å². The number of amides is 1. The zero-order chi connectivity index (χ0) is 15.0. The van der Waals surface area contributed by atoms with Gasteiger partial charge in [-0.3, -0.25) is 9.89 Å². The molecule has 1 aromatic rings. The third-order valence-electron chi connectivity index (χ3n) is 3.84. The predicted octanol–water partition coefficient (Wildman–Crippen LogP) is 1.83. The Morgan fingerprint density at radius 3 is 2.40 bits per heavy atom. The van der Waals surface area contributed by atoms with Gasteiger partial charge in [-0.05, 0) is 18.9 Å². The summed E-state index contributed by atoms with van der Waals surface area (Å²) in [6.07, 6.45) is 2.59. The standard InChI is InChI=1S/C14H21N3O3/c1-13(2,3)10-8-9(16-17-10)11(18)15-14(12(19)20)6-4-5-7-14/h8H,4-7H2,1-3H3,(H,15,18)(H,16,17)(H,19,20). The van der Waals surface area contributed by atoms with Crippen molar-refractivity contribution < 1.29 is 14.7 Å². The molecule has 3 N–H and O–H groups in total. The van der Waals surface area contributed by atoms with E-state index in [1.165, 1.54) is 0 Å². The highest BCUT2D eigenvalue weighted by atomic mass is 16.4. The van der Waals surface area contributed by atoms with Crippen LogP contribution in [-0.4, -0.2) is 32.7 Å². The molecule has 0 bridgehead atoms. The van der Waals surface area contributed by atoms with Crippen molar-refractivity contribution in [1.82, 2.24) is 15.5 Å². The first-order chi connectivity index (χ1) is 9.24. The summed E-state index contributed by atoms with van der Waals surface area (Å²) in [4.78, 5) is 23.6. The van der Waals surface area contributed by atoms with Gasteiger partial charge in [0.1, 0.15) is 11.2 Å². The van der Waals surface area contributed by atoms with Gasteiger partial charge < -0.3 is 10.4 Å². The van der Waals surface area contributed by atoms with Gasteiger partial charge in [-0.2, -0.15) is 5.10 Å². The smallest absolute Gasteiger partial charge is 0.329 e. The summed E-state index contributed by atoms with van der Waals surface area (Å²) in [7, 11) is 0. The Morgan fingerprint density at radius 1 is 1.35 bits per heavy atom. The van der Waals surface area contributed by atoms with Crippen LogP contribution >= 0.6 is 0 Å². The van der Waals surface area contributed by atoms with Crippen molar-refractivity contribution in [3.63, 3.8) is 0 Å². The highest BCUT2D eigenvalue weighted by molar-refractivity contribution is 5.96. The number of aliphatic carboxylic acids is 1. The fraction of sp³-hybridized carbons (Fsp3) is 0.643. The number of H-pyrrole nitrogens is 1. The lowest BCUT2D eigenvalue weighted by atomic mass is 9.92. The summed E-state index contributed by atoms with van der Waals surface area (Å²) in [6, 6.07) is 1.68. The lowest BCUT2D eigenvalue weighted by Gasteiger charge is -2.24. The van der Waals surface area contributed by atoms with Gasteiger partial charge in [-0.15, -0.1) is 0 Å². The molecule has 0 unspecified atom stereocenters. The molecule has 0 atom stereocenters. The minimum atomic E-state index is -1.13. The van der Waals surface area contributed by atoms with Crippen LogP contribution in [0.25, 0.3) is 0 Å². The largest absolute Gasteiger partial charge is 0.480 e. The first-order valence-electron chi connectivity index (χ1n) is 6.86. The van der Waals surface area contributed by atoms with Crippen molar-refractivity contribution in [2.45, 2.75) is 57.4 Å². The van der Waals surface area contributed by atoms with Gasteiger partial charge in [0.2, 0.25) is 0 Å². The maximum Gasteiger partial charge on any atom is 0.329 e. The van der Waals surface area contributed by atoms with Crippen molar-refractivity contribution in [2.24, 2.45) is 0 Å². The second kappa shape index (κ2) is 4.92. The molecule has 1 aromatic heterocycles. The molecule has 0 aliphatic heterocycles. The highest BCUT2D eigenvalue weighted by Gasteiger charge is 2.43. The number of nitrogens with one attached hydrogen (secondary N) is 2. The number of carboxylic acids is 1. The average molecular weight is 279 g/mol. The topological polar surface area (TPSA) is 95.1 Å². The molecule has 1 fully saturated rings. The van der Waals surface area contributed by atoms with E-state index in [0.29, 0.717) is 12.8 Å². The second-order valence-electron chi connectivity index (χ2n) is 6.47. The Labute approximate surface area is 118 Å².